The maximum atomic E-state index is 11.2. The molecule has 0 atom stereocenters. The van der Waals surface area contributed by atoms with Crippen LogP contribution in [0.4, 0.5) is 0 Å². The van der Waals surface area contributed by atoms with Crippen molar-refractivity contribution in [2.75, 3.05) is 0 Å². The number of carbonyl (C=O) groups is 1. The Labute approximate surface area is 107 Å². The number of benzene rings is 1. The molecule has 0 aliphatic heterocycles. The van der Waals surface area contributed by atoms with Crippen molar-refractivity contribution in [3.63, 3.8) is 0 Å². The van der Waals surface area contributed by atoms with Crippen LogP contribution in [0.1, 0.15) is 17.4 Å². The van der Waals surface area contributed by atoms with Gasteiger partial charge in [-0.05, 0) is 19.1 Å². The summed E-state index contributed by atoms with van der Waals surface area (Å²) in [6.07, 6.45) is 1.35. The van der Waals surface area contributed by atoms with Crippen molar-refractivity contribution in [2.45, 2.75) is 13.5 Å². The van der Waals surface area contributed by atoms with Gasteiger partial charge in [0.05, 0.1) is 0 Å². The van der Waals surface area contributed by atoms with Gasteiger partial charge in [-0.2, -0.15) is 0 Å². The molecule has 96 valence electrons. The molecular weight excluding hydrogens is 248 g/mol. The minimum absolute atomic E-state index is 0.0688. The molecule has 0 amide bonds. The van der Waals surface area contributed by atoms with Crippen LogP contribution in [0.15, 0.2) is 29.0 Å². The SMILES string of the molecule is CCn1nnc(C(=O)O)c1-c1ccc2ncoc2c1. The maximum absolute atomic E-state index is 11.2. The summed E-state index contributed by atoms with van der Waals surface area (Å²) in [6, 6.07) is 5.29. The first-order valence-corrected chi connectivity index (χ1v) is 5.71. The van der Waals surface area contributed by atoms with Gasteiger partial charge >= 0.3 is 5.97 Å². The first-order chi connectivity index (χ1) is 9.20. The number of fused-ring (bicyclic) bond motifs is 1. The summed E-state index contributed by atoms with van der Waals surface area (Å²) in [4.78, 5) is 15.2. The van der Waals surface area contributed by atoms with Gasteiger partial charge in [-0.15, -0.1) is 5.10 Å². The van der Waals surface area contributed by atoms with Crippen LogP contribution in [0.2, 0.25) is 0 Å². The number of hydrogen-bond acceptors (Lipinski definition) is 5. The Bertz CT molecular complexity index is 759. The van der Waals surface area contributed by atoms with Crippen LogP contribution in [0.5, 0.6) is 0 Å². The summed E-state index contributed by atoms with van der Waals surface area (Å²) >= 11 is 0. The third-order valence-electron chi connectivity index (χ3n) is 2.84. The molecule has 0 aliphatic rings. The van der Waals surface area contributed by atoms with E-state index in [0.29, 0.717) is 23.4 Å². The van der Waals surface area contributed by atoms with Gasteiger partial charge in [-0.25, -0.2) is 14.5 Å². The molecule has 3 rings (SSSR count). The molecule has 0 spiro atoms. The van der Waals surface area contributed by atoms with Crippen molar-refractivity contribution < 1.29 is 14.3 Å². The third kappa shape index (κ3) is 1.75. The van der Waals surface area contributed by atoms with Crippen LogP contribution in [-0.4, -0.2) is 31.1 Å². The second kappa shape index (κ2) is 4.20. The molecule has 2 heterocycles. The fourth-order valence-corrected chi connectivity index (χ4v) is 1.97. The number of carboxylic acids is 1. The number of nitrogens with zero attached hydrogens (tertiary/aromatic N) is 4. The number of aromatic nitrogens is 4. The van der Waals surface area contributed by atoms with Gasteiger partial charge in [0.1, 0.15) is 11.2 Å². The number of hydrogen-bond donors (Lipinski definition) is 1. The lowest BCUT2D eigenvalue weighted by Crippen LogP contribution is -2.03. The second-order valence-corrected chi connectivity index (χ2v) is 3.94. The summed E-state index contributed by atoms with van der Waals surface area (Å²) in [5, 5.41) is 16.7. The largest absolute Gasteiger partial charge is 0.476 e. The zero-order valence-corrected chi connectivity index (χ0v) is 10.1. The average molecular weight is 258 g/mol. The van der Waals surface area contributed by atoms with E-state index in [0.717, 1.165) is 5.52 Å². The molecule has 1 N–H and O–H groups in total. The van der Waals surface area contributed by atoms with Crippen molar-refractivity contribution >= 4 is 17.1 Å². The number of carboxylic acid groups (broad SMARTS) is 1. The summed E-state index contributed by atoms with van der Waals surface area (Å²) in [6.45, 7) is 2.40. The van der Waals surface area contributed by atoms with E-state index in [1.165, 1.54) is 6.39 Å². The molecule has 0 radical (unpaired) electrons. The summed E-state index contributed by atoms with van der Waals surface area (Å²) in [5.41, 5.74) is 2.40. The summed E-state index contributed by atoms with van der Waals surface area (Å²) < 4.78 is 6.76. The van der Waals surface area contributed by atoms with Crippen molar-refractivity contribution in [3.8, 4) is 11.3 Å². The first kappa shape index (κ1) is 11.4. The molecule has 0 saturated heterocycles. The predicted octanol–water partition coefficient (Wildman–Crippen LogP) is 1.80. The highest BCUT2D eigenvalue weighted by molar-refractivity contribution is 5.93. The topological polar surface area (TPSA) is 94.0 Å². The Kier molecular flexibility index (Phi) is 2.52. The van der Waals surface area contributed by atoms with Crippen LogP contribution in [0.3, 0.4) is 0 Å². The Morgan fingerprint density at radius 3 is 3.05 bits per heavy atom. The fraction of sp³-hybridized carbons (Fsp3) is 0.167. The minimum Gasteiger partial charge on any atom is -0.476 e. The number of oxazole rings is 1. The zero-order valence-electron chi connectivity index (χ0n) is 10.1. The van der Waals surface area contributed by atoms with Crippen LogP contribution < -0.4 is 0 Å². The fourth-order valence-electron chi connectivity index (χ4n) is 1.97. The molecule has 0 saturated carbocycles. The highest BCUT2D eigenvalue weighted by Gasteiger charge is 2.20. The van der Waals surface area contributed by atoms with Crippen molar-refractivity contribution in [3.05, 3.63) is 30.3 Å². The normalized spacial score (nSPS) is 11.0. The number of aryl methyl sites for hydroxylation is 1. The smallest absolute Gasteiger partial charge is 0.358 e. The quantitative estimate of drug-likeness (QED) is 0.769. The van der Waals surface area contributed by atoms with E-state index in [1.54, 1.807) is 22.9 Å². The van der Waals surface area contributed by atoms with Crippen molar-refractivity contribution in [1.82, 2.24) is 20.0 Å². The molecule has 2 aromatic heterocycles. The van der Waals surface area contributed by atoms with E-state index >= 15 is 0 Å². The number of rotatable bonds is 3. The van der Waals surface area contributed by atoms with E-state index in [-0.39, 0.29) is 5.69 Å². The first-order valence-electron chi connectivity index (χ1n) is 5.71. The summed E-state index contributed by atoms with van der Waals surface area (Å²) in [7, 11) is 0. The molecular formula is C12H10N4O3. The predicted molar refractivity (Wildman–Crippen MR) is 65.7 cm³/mol. The molecule has 0 fully saturated rings. The highest BCUT2D eigenvalue weighted by Crippen LogP contribution is 2.26. The molecule has 7 nitrogen and oxygen atoms in total. The van der Waals surface area contributed by atoms with Gasteiger partial charge in [0, 0.05) is 12.1 Å². The molecule has 19 heavy (non-hydrogen) atoms. The molecule has 3 aromatic rings. The van der Waals surface area contributed by atoms with Gasteiger partial charge in [0.2, 0.25) is 0 Å². The second-order valence-electron chi connectivity index (χ2n) is 3.94. The summed E-state index contributed by atoms with van der Waals surface area (Å²) in [5.74, 6) is -1.10. The lowest BCUT2D eigenvalue weighted by atomic mass is 10.1. The van der Waals surface area contributed by atoms with E-state index < -0.39 is 5.97 Å². The lowest BCUT2D eigenvalue weighted by molar-refractivity contribution is 0.0691. The van der Waals surface area contributed by atoms with Crippen molar-refractivity contribution in [1.29, 1.82) is 0 Å². The van der Waals surface area contributed by atoms with E-state index in [9.17, 15) is 4.79 Å². The Morgan fingerprint density at radius 1 is 1.47 bits per heavy atom. The van der Waals surface area contributed by atoms with Crippen LogP contribution in [0, 0.1) is 0 Å². The van der Waals surface area contributed by atoms with E-state index in [2.05, 4.69) is 15.3 Å². The molecule has 0 unspecified atom stereocenters. The van der Waals surface area contributed by atoms with Crippen LogP contribution >= 0.6 is 0 Å². The van der Waals surface area contributed by atoms with Gasteiger partial charge in [0.25, 0.3) is 0 Å². The Hall–Kier alpha value is -2.70. The molecule has 0 bridgehead atoms. The van der Waals surface area contributed by atoms with E-state index in [1.807, 2.05) is 6.92 Å². The third-order valence-corrected chi connectivity index (χ3v) is 2.84. The van der Waals surface area contributed by atoms with Gasteiger partial charge < -0.3 is 9.52 Å². The van der Waals surface area contributed by atoms with Gasteiger partial charge in [-0.1, -0.05) is 11.3 Å². The maximum Gasteiger partial charge on any atom is 0.358 e. The zero-order chi connectivity index (χ0) is 13.4. The molecule has 1 aromatic carbocycles. The minimum atomic E-state index is -1.10. The van der Waals surface area contributed by atoms with Crippen LogP contribution in [-0.2, 0) is 6.54 Å². The van der Waals surface area contributed by atoms with Gasteiger partial charge in [-0.3, -0.25) is 0 Å². The average Bonchev–Trinajstić information content (AvgIpc) is 3.03. The Morgan fingerprint density at radius 2 is 2.32 bits per heavy atom. The molecule has 7 heteroatoms. The lowest BCUT2D eigenvalue weighted by Gasteiger charge is -2.04. The van der Waals surface area contributed by atoms with Gasteiger partial charge in [0.15, 0.2) is 17.7 Å². The van der Waals surface area contributed by atoms with E-state index in [4.69, 9.17) is 9.52 Å². The van der Waals surface area contributed by atoms with Crippen LogP contribution in [0.25, 0.3) is 22.4 Å². The standard InChI is InChI=1S/C12H10N4O3/c1-2-16-11(10(12(17)18)14-15-16)7-3-4-8-9(5-7)19-6-13-8/h3-6H,2H2,1H3,(H,17,18). The Balaban J connectivity index is 2.24. The monoisotopic (exact) mass is 258 g/mol. The highest BCUT2D eigenvalue weighted by atomic mass is 16.4. The van der Waals surface area contributed by atoms with Crippen molar-refractivity contribution in [2.24, 2.45) is 0 Å². The number of aromatic carboxylic acids is 1. The molecule has 0 aliphatic carbocycles.